The molecule has 1 saturated heterocycles. The van der Waals surface area contributed by atoms with Gasteiger partial charge in [-0.1, -0.05) is 19.3 Å². The van der Waals surface area contributed by atoms with E-state index in [-0.39, 0.29) is 17.4 Å². The number of piperidine rings is 1. The van der Waals surface area contributed by atoms with Crippen LogP contribution in [0.4, 0.5) is 5.95 Å². The van der Waals surface area contributed by atoms with Crippen molar-refractivity contribution in [3.05, 3.63) is 35.0 Å². The van der Waals surface area contributed by atoms with Gasteiger partial charge < -0.3 is 4.90 Å². The molecule has 1 atom stereocenters. The second-order valence-electron chi connectivity index (χ2n) is 7.96. The maximum atomic E-state index is 13.0. The van der Waals surface area contributed by atoms with Crippen LogP contribution in [0.5, 0.6) is 0 Å². The normalized spacial score (nSPS) is 20.9. The maximum absolute atomic E-state index is 13.0. The number of hydrogen-bond acceptors (Lipinski definition) is 6. The maximum Gasteiger partial charge on any atom is 0.255 e. The first-order chi connectivity index (χ1) is 13.6. The van der Waals surface area contributed by atoms with Crippen molar-refractivity contribution in [2.24, 2.45) is 18.9 Å². The Hall–Kier alpha value is -2.57. The molecule has 28 heavy (non-hydrogen) atoms. The molecule has 1 aliphatic carbocycles. The molecule has 1 unspecified atom stereocenters. The van der Waals surface area contributed by atoms with E-state index in [2.05, 4.69) is 14.9 Å². The number of nitrogens with zero attached hydrogens (tertiary/aromatic N) is 5. The zero-order valence-corrected chi connectivity index (χ0v) is 16.4. The lowest BCUT2D eigenvalue weighted by molar-refractivity contribution is -0.128. The van der Waals surface area contributed by atoms with Gasteiger partial charge in [0.1, 0.15) is 12.1 Å². The van der Waals surface area contributed by atoms with E-state index in [4.69, 9.17) is 4.98 Å². The molecule has 7 nitrogen and oxygen atoms in total. The van der Waals surface area contributed by atoms with Gasteiger partial charge in [0, 0.05) is 44.2 Å². The van der Waals surface area contributed by atoms with Crippen LogP contribution in [-0.2, 0) is 11.8 Å². The summed E-state index contributed by atoms with van der Waals surface area (Å²) in [4.78, 5) is 40.5. The Morgan fingerprint density at radius 2 is 1.86 bits per heavy atom. The summed E-state index contributed by atoms with van der Waals surface area (Å²) in [5, 5.41) is 0. The lowest BCUT2D eigenvalue weighted by atomic mass is 9.79. The summed E-state index contributed by atoms with van der Waals surface area (Å²) in [7, 11) is 1.74. The van der Waals surface area contributed by atoms with Crippen molar-refractivity contribution in [3.8, 4) is 11.4 Å². The van der Waals surface area contributed by atoms with Crippen LogP contribution < -0.4 is 10.5 Å². The zero-order chi connectivity index (χ0) is 19.5. The molecule has 0 spiro atoms. The Bertz CT molecular complexity index is 889. The first-order valence-electron chi connectivity index (χ1n) is 10.3. The van der Waals surface area contributed by atoms with Gasteiger partial charge in [0.25, 0.3) is 5.56 Å². The molecule has 4 rings (SSSR count). The first kappa shape index (κ1) is 18.8. The topological polar surface area (TPSA) is 81.0 Å². The van der Waals surface area contributed by atoms with E-state index in [0.717, 1.165) is 32.2 Å². The van der Waals surface area contributed by atoms with Crippen molar-refractivity contribution in [3.63, 3.8) is 0 Å². The fraction of sp³-hybridized carbons (Fsp3) is 0.571. The Morgan fingerprint density at radius 1 is 1.07 bits per heavy atom. The molecular weight excluding hydrogens is 354 g/mol. The highest BCUT2D eigenvalue weighted by Crippen LogP contribution is 2.31. The summed E-state index contributed by atoms with van der Waals surface area (Å²) >= 11 is 0. The predicted molar refractivity (Wildman–Crippen MR) is 107 cm³/mol. The van der Waals surface area contributed by atoms with E-state index < -0.39 is 0 Å². The molecule has 2 aromatic rings. The number of aromatic nitrogens is 4. The lowest BCUT2D eigenvalue weighted by Crippen LogP contribution is -2.43. The highest BCUT2D eigenvalue weighted by Gasteiger charge is 2.32. The lowest BCUT2D eigenvalue weighted by Gasteiger charge is -2.35. The van der Waals surface area contributed by atoms with E-state index >= 15 is 0 Å². The van der Waals surface area contributed by atoms with Crippen LogP contribution in [0, 0.1) is 11.8 Å². The summed E-state index contributed by atoms with van der Waals surface area (Å²) < 4.78 is 1.57. The minimum atomic E-state index is -0.126. The van der Waals surface area contributed by atoms with Crippen LogP contribution in [0.25, 0.3) is 11.4 Å². The molecule has 1 aliphatic heterocycles. The number of rotatable bonds is 4. The zero-order valence-electron chi connectivity index (χ0n) is 16.4. The van der Waals surface area contributed by atoms with Gasteiger partial charge in [0.15, 0.2) is 0 Å². The summed E-state index contributed by atoms with van der Waals surface area (Å²) in [5.41, 5.74) is 1.04. The van der Waals surface area contributed by atoms with Crippen LogP contribution >= 0.6 is 0 Å². The van der Waals surface area contributed by atoms with Crippen LogP contribution in [0.1, 0.15) is 44.9 Å². The second-order valence-corrected chi connectivity index (χ2v) is 7.96. The number of Topliss-reactive ketones (excluding diaryl/α,β-unsaturated/α-hetero) is 1. The minimum absolute atomic E-state index is 0.0384. The molecule has 148 valence electrons. The van der Waals surface area contributed by atoms with Gasteiger partial charge in [-0.3, -0.25) is 14.2 Å². The monoisotopic (exact) mass is 381 g/mol. The highest BCUT2D eigenvalue weighted by molar-refractivity contribution is 5.84. The molecule has 0 aromatic carbocycles. The first-order valence-corrected chi connectivity index (χ1v) is 10.3. The average molecular weight is 381 g/mol. The van der Waals surface area contributed by atoms with E-state index in [1.165, 1.54) is 31.7 Å². The molecule has 2 aliphatic rings. The molecular formula is C21H27N5O2. The molecule has 3 heterocycles. The van der Waals surface area contributed by atoms with Crippen molar-refractivity contribution in [1.29, 1.82) is 0 Å². The Labute approximate surface area is 164 Å². The summed E-state index contributed by atoms with van der Waals surface area (Å²) in [6.07, 6.45) is 10.6. The van der Waals surface area contributed by atoms with Crippen LogP contribution in [0.15, 0.2) is 29.5 Å². The van der Waals surface area contributed by atoms with Gasteiger partial charge >= 0.3 is 0 Å². The Morgan fingerprint density at radius 3 is 2.61 bits per heavy atom. The third-order valence-electron chi connectivity index (χ3n) is 6.07. The van der Waals surface area contributed by atoms with Crippen molar-refractivity contribution < 1.29 is 4.79 Å². The SMILES string of the molecule is Cn1c(N2CCCC(C(=O)C3CCCCC3)C2)nc(-c2ccncn2)cc1=O. The van der Waals surface area contributed by atoms with Crippen LogP contribution in [0.3, 0.4) is 0 Å². The average Bonchev–Trinajstić information content (AvgIpc) is 2.76. The molecule has 1 saturated carbocycles. The van der Waals surface area contributed by atoms with Crippen molar-refractivity contribution in [1.82, 2.24) is 19.5 Å². The third kappa shape index (κ3) is 3.84. The standard InChI is InChI=1S/C21H27N5O2/c1-25-19(27)12-18(17-9-10-22-14-23-17)24-21(25)26-11-5-8-16(13-26)20(28)15-6-3-2-4-7-15/h9-10,12,14-16H,2-8,11,13H2,1H3. The van der Waals surface area contributed by atoms with Crippen molar-refractivity contribution in [2.75, 3.05) is 18.0 Å². The van der Waals surface area contributed by atoms with Gasteiger partial charge in [-0.25, -0.2) is 15.0 Å². The summed E-state index contributed by atoms with van der Waals surface area (Å²) in [6.45, 7) is 1.45. The van der Waals surface area contributed by atoms with Crippen molar-refractivity contribution >= 4 is 11.7 Å². The number of carbonyl (C=O) groups is 1. The molecule has 0 amide bonds. The molecule has 0 radical (unpaired) electrons. The fourth-order valence-corrected chi connectivity index (χ4v) is 4.50. The van der Waals surface area contributed by atoms with Crippen LogP contribution in [0.2, 0.25) is 0 Å². The highest BCUT2D eigenvalue weighted by atomic mass is 16.1. The van der Waals surface area contributed by atoms with Gasteiger partial charge in [-0.05, 0) is 31.7 Å². The molecule has 0 N–H and O–H groups in total. The van der Waals surface area contributed by atoms with E-state index in [9.17, 15) is 9.59 Å². The number of carbonyl (C=O) groups excluding carboxylic acids is 1. The third-order valence-corrected chi connectivity index (χ3v) is 6.07. The minimum Gasteiger partial charge on any atom is -0.341 e. The predicted octanol–water partition coefficient (Wildman–Crippen LogP) is 2.60. The van der Waals surface area contributed by atoms with Gasteiger partial charge in [0.05, 0.1) is 11.4 Å². The largest absolute Gasteiger partial charge is 0.341 e. The number of ketones is 1. The van der Waals surface area contributed by atoms with E-state index in [0.29, 0.717) is 29.7 Å². The molecule has 0 bridgehead atoms. The van der Waals surface area contributed by atoms with Gasteiger partial charge in [0.2, 0.25) is 5.95 Å². The van der Waals surface area contributed by atoms with Gasteiger partial charge in [-0.2, -0.15) is 0 Å². The fourth-order valence-electron chi connectivity index (χ4n) is 4.50. The van der Waals surface area contributed by atoms with E-state index in [1.54, 1.807) is 23.9 Å². The Balaban J connectivity index is 1.58. The smallest absolute Gasteiger partial charge is 0.255 e. The van der Waals surface area contributed by atoms with Crippen molar-refractivity contribution in [2.45, 2.75) is 44.9 Å². The number of hydrogen-bond donors (Lipinski definition) is 0. The molecule has 2 aromatic heterocycles. The summed E-state index contributed by atoms with van der Waals surface area (Å²) in [5.74, 6) is 1.29. The second kappa shape index (κ2) is 8.20. The molecule has 2 fully saturated rings. The quantitative estimate of drug-likeness (QED) is 0.810. The Kier molecular flexibility index (Phi) is 5.50. The van der Waals surface area contributed by atoms with Gasteiger partial charge in [-0.15, -0.1) is 0 Å². The van der Waals surface area contributed by atoms with E-state index in [1.807, 2.05) is 0 Å². The van der Waals surface area contributed by atoms with Crippen LogP contribution in [-0.4, -0.2) is 38.4 Å². The number of anilines is 1. The molecule has 7 heteroatoms. The summed E-state index contributed by atoms with van der Waals surface area (Å²) in [6, 6.07) is 3.25.